The average molecular weight is 63.0 g/mol. The third-order valence-electron chi connectivity index (χ3n) is 0. The molecule has 24 valence electrons. The topological polar surface area (TPSA) is 43.1 Å². The van der Waals surface area contributed by atoms with Crippen LogP contribution in [0.4, 0.5) is 9.18 Å². The van der Waals surface area contributed by atoms with Gasteiger partial charge in [0.2, 0.25) is 0 Å². The molecule has 0 saturated heterocycles. The molecule has 4 heavy (non-hydrogen) atoms. The highest BCUT2D eigenvalue weighted by Crippen LogP contribution is 1.52. The first-order valence-corrected chi connectivity index (χ1v) is 0.682. The second kappa shape index (κ2) is 0.817. The van der Waals surface area contributed by atoms with Gasteiger partial charge in [-0.1, -0.05) is 0 Å². The molecule has 0 rings (SSSR count). The van der Waals surface area contributed by atoms with Gasteiger partial charge in [-0.2, -0.15) is 0 Å². The van der Waals surface area contributed by atoms with Crippen molar-refractivity contribution in [2.75, 3.05) is 0 Å². The molecule has 0 aromatic rings. The van der Waals surface area contributed by atoms with E-state index in [0.717, 1.165) is 0 Å². The maximum Gasteiger partial charge on any atom is 0.394 e. The summed E-state index contributed by atoms with van der Waals surface area (Å²) in [5.74, 6) is 0. The zero-order valence-corrected chi connectivity index (χ0v) is 1.86. The van der Waals surface area contributed by atoms with E-state index >= 15 is 0 Å². The number of hydrogen-bond donors (Lipinski definition) is 1. The Balaban J connectivity index is 2.80. The highest BCUT2D eigenvalue weighted by atomic mass is 19.1. The monoisotopic (exact) mass is 63.0 g/mol. The van der Waals surface area contributed by atoms with Gasteiger partial charge in [0.15, 0.2) is 0 Å². The lowest BCUT2D eigenvalue weighted by Crippen LogP contribution is -1.96. The van der Waals surface area contributed by atoms with Gasteiger partial charge in [-0.25, -0.2) is 4.79 Å². The molecular formula is CH2FNO. The zero-order chi connectivity index (χ0) is 3.58. The van der Waals surface area contributed by atoms with Crippen LogP contribution in [0.15, 0.2) is 0 Å². The number of hydrogen-bond acceptors (Lipinski definition) is 1. The molecule has 1 amide bonds. The van der Waals surface area contributed by atoms with E-state index in [1.807, 2.05) is 0 Å². The molecule has 3 heteroatoms. The molecule has 0 heterocycles. The molecule has 0 aromatic heterocycles. The van der Waals surface area contributed by atoms with Crippen LogP contribution in [0.1, 0.15) is 0 Å². The molecule has 0 aliphatic carbocycles. The Labute approximate surface area is 22.4 Å². The number of primary amides is 1. The molecule has 0 spiro atoms. The minimum Gasteiger partial charge on any atom is -0.341 e. The van der Waals surface area contributed by atoms with Crippen molar-refractivity contribution in [1.82, 2.24) is 0 Å². The first-order chi connectivity index (χ1) is 1.73. The van der Waals surface area contributed by atoms with Gasteiger partial charge < -0.3 is 5.73 Å². The molecule has 0 aliphatic rings. The van der Waals surface area contributed by atoms with Gasteiger partial charge in [-0.3, -0.25) is 0 Å². The lowest BCUT2D eigenvalue weighted by Gasteiger charge is -1.54. The molecule has 0 saturated carbocycles. The summed E-state index contributed by atoms with van der Waals surface area (Å²) in [4.78, 5) is 8.56. The van der Waals surface area contributed by atoms with Crippen LogP contribution < -0.4 is 5.73 Å². The molecule has 0 unspecified atom stereocenters. The van der Waals surface area contributed by atoms with Gasteiger partial charge in [0.1, 0.15) is 0 Å². The van der Waals surface area contributed by atoms with Crippen LogP contribution >= 0.6 is 0 Å². The van der Waals surface area contributed by atoms with E-state index in [9.17, 15) is 4.39 Å². The van der Waals surface area contributed by atoms with Gasteiger partial charge in [0.05, 0.1) is 0 Å². The van der Waals surface area contributed by atoms with Crippen LogP contribution in [0.2, 0.25) is 0 Å². The Hall–Kier alpha value is -0.600. The summed E-state index contributed by atoms with van der Waals surface area (Å²) in [7, 11) is 0. The lowest BCUT2D eigenvalue weighted by atomic mass is 11.4. The van der Waals surface area contributed by atoms with Crippen LogP contribution in [0.5, 0.6) is 0 Å². The van der Waals surface area contributed by atoms with Crippen molar-refractivity contribution >= 4 is 6.16 Å². The summed E-state index contributed by atoms with van der Waals surface area (Å²) in [6, 6.07) is 0. The Morgan fingerprint density at radius 3 is 2.00 bits per heavy atom. The van der Waals surface area contributed by atoms with E-state index in [1.54, 1.807) is 0 Å². The minimum atomic E-state index is -1.83. The number of carbonyl (C=O) groups excluding carboxylic acids is 1. The molecule has 0 aliphatic heterocycles. The van der Waals surface area contributed by atoms with E-state index in [2.05, 4.69) is 5.73 Å². The zero-order valence-electron chi connectivity index (χ0n) is 1.86. The normalized spacial score (nSPS) is 6.25. The lowest BCUT2D eigenvalue weighted by molar-refractivity contribution is 0.231. The number of amides is 1. The summed E-state index contributed by atoms with van der Waals surface area (Å²) in [5, 5.41) is 0. The van der Waals surface area contributed by atoms with Gasteiger partial charge >= 0.3 is 6.16 Å². The molecule has 2 N–H and O–H groups in total. The standard InChI is InChI=1S/CH2FNO/c2-1(3)4/h(H2,3,4). The Bertz CT molecular complexity index is 31.0. The number of nitrogens with two attached hydrogens (primary N) is 1. The molecule has 2 nitrogen and oxygen atoms in total. The molecule has 0 atom stereocenters. The quantitative estimate of drug-likeness (QED) is 0.313. The Morgan fingerprint density at radius 2 is 2.00 bits per heavy atom. The Kier molecular flexibility index (Phi) is 0.694. The van der Waals surface area contributed by atoms with Crippen molar-refractivity contribution in [1.29, 1.82) is 0 Å². The summed E-state index contributed by atoms with van der Waals surface area (Å²) in [6.45, 7) is 0. The van der Waals surface area contributed by atoms with Crippen LogP contribution in [-0.4, -0.2) is 6.16 Å². The van der Waals surface area contributed by atoms with Gasteiger partial charge in [-0.15, -0.1) is 4.39 Å². The van der Waals surface area contributed by atoms with E-state index in [-0.39, 0.29) is 0 Å². The van der Waals surface area contributed by atoms with Crippen LogP contribution in [0.25, 0.3) is 0 Å². The SMILES string of the molecule is NC(=O)F. The second-order valence-electron chi connectivity index (χ2n) is 0.304. The maximum absolute atomic E-state index is 10.1. The van der Waals surface area contributed by atoms with Crippen molar-refractivity contribution in [3.8, 4) is 0 Å². The van der Waals surface area contributed by atoms with Crippen LogP contribution in [0, 0.1) is 0 Å². The summed E-state index contributed by atoms with van der Waals surface area (Å²) in [5.41, 5.74) is 3.81. The van der Waals surface area contributed by atoms with Crippen molar-refractivity contribution in [3.63, 3.8) is 0 Å². The van der Waals surface area contributed by atoms with Crippen molar-refractivity contribution in [3.05, 3.63) is 0 Å². The fraction of sp³-hybridized carbons (Fsp3) is 0. The van der Waals surface area contributed by atoms with Crippen LogP contribution in [0.3, 0.4) is 0 Å². The van der Waals surface area contributed by atoms with Crippen molar-refractivity contribution in [2.24, 2.45) is 5.73 Å². The highest BCUT2D eigenvalue weighted by Gasteiger charge is 1.69. The first-order valence-electron chi connectivity index (χ1n) is 0.682. The highest BCUT2D eigenvalue weighted by molar-refractivity contribution is 5.62. The van der Waals surface area contributed by atoms with Crippen molar-refractivity contribution < 1.29 is 9.18 Å². The van der Waals surface area contributed by atoms with Gasteiger partial charge in [0, 0.05) is 0 Å². The van der Waals surface area contributed by atoms with Crippen molar-refractivity contribution in [2.45, 2.75) is 0 Å². The molecule has 0 radical (unpaired) electrons. The number of carbonyl (C=O) groups is 1. The number of rotatable bonds is 0. The third kappa shape index (κ3) is 0.622. The summed E-state index contributed by atoms with van der Waals surface area (Å²) in [6.07, 6.45) is -1.83. The third-order valence-corrected chi connectivity index (χ3v) is 0. The second-order valence-corrected chi connectivity index (χ2v) is 0.304. The number of halogens is 1. The molecule has 0 fully saturated rings. The summed E-state index contributed by atoms with van der Waals surface area (Å²) >= 11 is 0. The van der Waals surface area contributed by atoms with Gasteiger partial charge in [0.25, 0.3) is 0 Å². The fourth-order valence-corrected chi connectivity index (χ4v) is 0. The first kappa shape index (κ1) is 3.40. The van der Waals surface area contributed by atoms with E-state index in [1.165, 1.54) is 0 Å². The smallest absolute Gasteiger partial charge is 0.341 e. The minimum absolute atomic E-state index is 1.83. The largest absolute Gasteiger partial charge is 0.394 e. The molecular weight excluding hydrogens is 61.0 g/mol. The predicted octanol–water partition coefficient (Wildman–Crippen LogP) is 0.0346. The maximum atomic E-state index is 10.1. The Morgan fingerprint density at radius 1 is 2.00 bits per heavy atom. The van der Waals surface area contributed by atoms with E-state index in [4.69, 9.17) is 4.79 Å². The predicted molar refractivity (Wildman–Crippen MR) is 10.7 cm³/mol. The van der Waals surface area contributed by atoms with E-state index < -0.39 is 6.16 Å². The molecule has 0 bridgehead atoms. The van der Waals surface area contributed by atoms with Gasteiger partial charge in [-0.05, 0) is 0 Å². The van der Waals surface area contributed by atoms with Crippen LogP contribution in [-0.2, 0) is 0 Å². The fourth-order valence-electron chi connectivity index (χ4n) is 0. The van der Waals surface area contributed by atoms with E-state index in [0.29, 0.717) is 0 Å². The average Bonchev–Trinajstić information content (AvgIpc) is 0.811. The summed E-state index contributed by atoms with van der Waals surface area (Å²) < 4.78 is 10.1. The molecule has 0 aromatic carbocycles.